The van der Waals surface area contributed by atoms with Crippen molar-refractivity contribution >= 4 is 11.5 Å². The van der Waals surface area contributed by atoms with E-state index in [9.17, 15) is 8.78 Å². The Morgan fingerprint density at radius 1 is 1.14 bits per heavy atom. The summed E-state index contributed by atoms with van der Waals surface area (Å²) in [4.78, 5) is 2.04. The van der Waals surface area contributed by atoms with Crippen molar-refractivity contribution in [2.75, 3.05) is 25.0 Å². The lowest BCUT2D eigenvalue weighted by Crippen LogP contribution is -2.48. The molecule has 0 spiro atoms. The summed E-state index contributed by atoms with van der Waals surface area (Å²) in [5.74, 6) is -0.624. The summed E-state index contributed by atoms with van der Waals surface area (Å²) in [6, 6.07) is 6.85. The van der Waals surface area contributed by atoms with Crippen LogP contribution in [0.15, 0.2) is 30.3 Å². The molecule has 3 heterocycles. The van der Waals surface area contributed by atoms with Crippen molar-refractivity contribution in [2.45, 2.75) is 32.1 Å². The summed E-state index contributed by atoms with van der Waals surface area (Å²) in [5, 5.41) is 18.5. The van der Waals surface area contributed by atoms with Crippen LogP contribution in [0.25, 0.3) is 5.65 Å². The van der Waals surface area contributed by atoms with Gasteiger partial charge in [-0.2, -0.15) is 0 Å². The van der Waals surface area contributed by atoms with E-state index in [0.29, 0.717) is 24.6 Å². The molecule has 148 valence electrons. The number of rotatable bonds is 5. The maximum Gasteiger partial charge on any atom is 0.200 e. The van der Waals surface area contributed by atoms with Crippen molar-refractivity contribution in [3.8, 4) is 0 Å². The van der Waals surface area contributed by atoms with Crippen LogP contribution >= 0.6 is 0 Å². The van der Waals surface area contributed by atoms with Crippen LogP contribution in [0, 0.1) is 11.6 Å². The van der Waals surface area contributed by atoms with E-state index in [2.05, 4.69) is 25.9 Å². The number of aromatic nitrogens is 5. The van der Waals surface area contributed by atoms with Gasteiger partial charge in [-0.25, -0.2) is 8.78 Å². The predicted octanol–water partition coefficient (Wildman–Crippen LogP) is 2.06. The first-order valence-corrected chi connectivity index (χ1v) is 9.14. The molecule has 1 N–H and O–H groups in total. The Balaban J connectivity index is 1.62. The average molecular weight is 389 g/mol. The van der Waals surface area contributed by atoms with Gasteiger partial charge in [0.15, 0.2) is 5.65 Å². The number of benzene rings is 1. The van der Waals surface area contributed by atoms with E-state index in [-0.39, 0.29) is 24.3 Å². The van der Waals surface area contributed by atoms with Gasteiger partial charge in [0.25, 0.3) is 0 Å². The fraction of sp³-hybridized carbons (Fsp3) is 0.444. The van der Waals surface area contributed by atoms with Gasteiger partial charge < -0.3 is 10.1 Å². The largest absolute Gasteiger partial charge is 0.373 e. The molecule has 8 nitrogen and oxygen atoms in total. The Hall–Kier alpha value is -2.72. The Morgan fingerprint density at radius 2 is 1.86 bits per heavy atom. The first kappa shape index (κ1) is 18.6. The topological polar surface area (TPSA) is 80.5 Å². The lowest BCUT2D eigenvalue weighted by atomic mass is 10.0. The van der Waals surface area contributed by atoms with Crippen LogP contribution in [0.2, 0.25) is 0 Å². The van der Waals surface area contributed by atoms with Gasteiger partial charge in [0.05, 0.1) is 18.2 Å². The van der Waals surface area contributed by atoms with Crippen LogP contribution < -0.4 is 5.32 Å². The minimum atomic E-state index is -0.567. The number of fused-ring (bicyclic) bond motifs is 1. The molecule has 0 bridgehead atoms. The van der Waals surface area contributed by atoms with Gasteiger partial charge in [-0.3, -0.25) is 4.90 Å². The molecule has 1 saturated heterocycles. The number of nitrogens with one attached hydrogen (secondary N) is 1. The first-order chi connectivity index (χ1) is 13.5. The zero-order valence-corrected chi connectivity index (χ0v) is 15.6. The SMILES string of the molecule is CC1CN(C(CNc2ccc3nnnn3n2)c2c(F)cccc2F)CC(C)O1. The monoisotopic (exact) mass is 389 g/mol. The van der Waals surface area contributed by atoms with Gasteiger partial charge in [0.1, 0.15) is 17.5 Å². The van der Waals surface area contributed by atoms with Crippen LogP contribution in [0.3, 0.4) is 0 Å². The maximum absolute atomic E-state index is 14.6. The van der Waals surface area contributed by atoms with E-state index in [1.54, 1.807) is 12.1 Å². The van der Waals surface area contributed by atoms with Crippen LogP contribution in [-0.4, -0.2) is 62.0 Å². The molecule has 4 rings (SSSR count). The van der Waals surface area contributed by atoms with Gasteiger partial charge in [-0.15, -0.1) is 14.8 Å². The molecule has 1 aliphatic rings. The highest BCUT2D eigenvalue weighted by Gasteiger charge is 2.32. The molecular weight excluding hydrogens is 368 g/mol. The van der Waals surface area contributed by atoms with Gasteiger partial charge in [-0.05, 0) is 48.5 Å². The Kier molecular flexibility index (Phi) is 5.14. The third kappa shape index (κ3) is 3.78. The molecule has 0 aliphatic carbocycles. The third-order valence-electron chi connectivity index (χ3n) is 4.77. The molecule has 1 aliphatic heterocycles. The molecule has 0 saturated carbocycles. The molecule has 0 amide bonds. The second-order valence-corrected chi connectivity index (χ2v) is 6.99. The van der Waals surface area contributed by atoms with Crippen molar-refractivity contribution in [1.82, 2.24) is 30.2 Å². The zero-order chi connectivity index (χ0) is 19.7. The second kappa shape index (κ2) is 7.72. The molecule has 0 radical (unpaired) electrons. The minimum Gasteiger partial charge on any atom is -0.373 e. The Bertz CT molecular complexity index is 936. The molecule has 28 heavy (non-hydrogen) atoms. The summed E-state index contributed by atoms with van der Waals surface area (Å²) in [6.45, 7) is 5.32. The Labute approximate surface area is 160 Å². The van der Waals surface area contributed by atoms with E-state index >= 15 is 0 Å². The van der Waals surface area contributed by atoms with Crippen molar-refractivity contribution < 1.29 is 13.5 Å². The number of morpholine rings is 1. The average Bonchev–Trinajstić information content (AvgIpc) is 3.11. The van der Waals surface area contributed by atoms with Gasteiger partial charge in [0, 0.05) is 25.2 Å². The van der Waals surface area contributed by atoms with Gasteiger partial charge in [-0.1, -0.05) is 6.07 Å². The van der Waals surface area contributed by atoms with Gasteiger partial charge in [0.2, 0.25) is 0 Å². The van der Waals surface area contributed by atoms with E-state index < -0.39 is 17.7 Å². The van der Waals surface area contributed by atoms with Gasteiger partial charge >= 0.3 is 0 Å². The number of hydrogen-bond acceptors (Lipinski definition) is 7. The number of tetrazole rings is 1. The van der Waals surface area contributed by atoms with E-state index in [1.165, 1.54) is 22.8 Å². The molecule has 3 unspecified atom stereocenters. The van der Waals surface area contributed by atoms with E-state index in [4.69, 9.17) is 4.74 Å². The zero-order valence-electron chi connectivity index (χ0n) is 15.6. The normalized spacial score (nSPS) is 21.7. The first-order valence-electron chi connectivity index (χ1n) is 9.14. The summed E-state index contributed by atoms with van der Waals surface area (Å²) < 4.78 is 36.2. The number of anilines is 1. The second-order valence-electron chi connectivity index (χ2n) is 6.99. The maximum atomic E-state index is 14.6. The summed E-state index contributed by atoms with van der Waals surface area (Å²) in [5.41, 5.74) is 0.554. The number of halogens is 2. The predicted molar refractivity (Wildman–Crippen MR) is 97.7 cm³/mol. The van der Waals surface area contributed by atoms with Crippen molar-refractivity contribution in [3.05, 3.63) is 47.5 Å². The molecule has 3 atom stereocenters. The van der Waals surface area contributed by atoms with E-state index in [1.807, 2.05) is 18.7 Å². The van der Waals surface area contributed by atoms with Crippen LogP contribution in [0.5, 0.6) is 0 Å². The molecule has 3 aromatic rings. The lowest BCUT2D eigenvalue weighted by molar-refractivity contribution is -0.0801. The Morgan fingerprint density at radius 3 is 2.57 bits per heavy atom. The highest BCUT2D eigenvalue weighted by molar-refractivity contribution is 5.42. The molecular formula is C18H21F2N7O. The summed E-state index contributed by atoms with van der Waals surface area (Å²) >= 11 is 0. The number of nitrogens with zero attached hydrogens (tertiary/aromatic N) is 6. The van der Waals surface area contributed by atoms with Crippen molar-refractivity contribution in [3.63, 3.8) is 0 Å². The minimum absolute atomic E-state index is 0.0308. The van der Waals surface area contributed by atoms with Crippen LogP contribution in [0.1, 0.15) is 25.5 Å². The quantitative estimate of drug-likeness (QED) is 0.715. The highest BCUT2D eigenvalue weighted by atomic mass is 19.1. The number of ether oxygens (including phenoxy) is 1. The van der Waals surface area contributed by atoms with Crippen molar-refractivity contribution in [1.29, 1.82) is 0 Å². The molecule has 2 aromatic heterocycles. The smallest absolute Gasteiger partial charge is 0.200 e. The van der Waals surface area contributed by atoms with Crippen LogP contribution in [-0.2, 0) is 4.74 Å². The fourth-order valence-corrected chi connectivity index (χ4v) is 3.66. The third-order valence-corrected chi connectivity index (χ3v) is 4.77. The molecule has 1 fully saturated rings. The van der Waals surface area contributed by atoms with Crippen LogP contribution in [0.4, 0.5) is 14.6 Å². The fourth-order valence-electron chi connectivity index (χ4n) is 3.66. The lowest BCUT2D eigenvalue weighted by Gasteiger charge is -2.40. The highest BCUT2D eigenvalue weighted by Crippen LogP contribution is 2.29. The standard InChI is InChI=1S/C18H21F2N7O/c1-11-9-26(10-12(2)28-11)15(18-13(19)4-3-5-14(18)20)8-21-16-6-7-17-22-24-25-27(17)23-16/h3-7,11-12,15H,8-10H2,1-2H3,(H,21,23). The summed E-state index contributed by atoms with van der Waals surface area (Å²) in [7, 11) is 0. The summed E-state index contributed by atoms with van der Waals surface area (Å²) in [6.07, 6.45) is -0.0615. The van der Waals surface area contributed by atoms with Crippen molar-refractivity contribution in [2.24, 2.45) is 0 Å². The number of hydrogen-bond donors (Lipinski definition) is 1. The van der Waals surface area contributed by atoms with E-state index in [0.717, 1.165) is 0 Å². The molecule has 1 aromatic carbocycles. The molecule has 10 heteroatoms.